The second-order valence-corrected chi connectivity index (χ2v) is 6.14. The molecule has 0 amide bonds. The van der Waals surface area contributed by atoms with Crippen molar-refractivity contribution in [2.75, 3.05) is 5.73 Å². The molecule has 2 N–H and O–H groups in total. The van der Waals surface area contributed by atoms with Crippen molar-refractivity contribution >= 4 is 22.4 Å². The Hall–Kier alpha value is -3.67. The molecule has 6 heteroatoms. The summed E-state index contributed by atoms with van der Waals surface area (Å²) in [5.74, 6) is 1.86. The average Bonchev–Trinajstić information content (AvgIpc) is 3.30. The number of furan rings is 1. The van der Waals surface area contributed by atoms with Crippen LogP contribution in [0.4, 0.5) is 5.82 Å². The maximum Gasteiger partial charge on any atom is 0.180 e. The molecule has 0 bridgehead atoms. The number of anilines is 1. The summed E-state index contributed by atoms with van der Waals surface area (Å²) in [6, 6.07) is 13.9. The predicted molar refractivity (Wildman–Crippen MR) is 101 cm³/mol. The Morgan fingerprint density at radius 3 is 2.81 bits per heavy atom. The molecular formula is C20H15N5O. The van der Waals surface area contributed by atoms with Crippen LogP contribution in [0.15, 0.2) is 65.5 Å². The van der Waals surface area contributed by atoms with Crippen LogP contribution in [0.5, 0.6) is 0 Å². The largest absolute Gasteiger partial charge is 0.460 e. The Morgan fingerprint density at radius 2 is 1.96 bits per heavy atom. The first-order chi connectivity index (χ1) is 12.7. The number of imidazole rings is 1. The van der Waals surface area contributed by atoms with E-state index in [9.17, 15) is 0 Å². The minimum atomic E-state index is 0.366. The Labute approximate surface area is 149 Å². The molecule has 0 saturated carbocycles. The van der Waals surface area contributed by atoms with Crippen LogP contribution in [0.3, 0.4) is 0 Å². The highest BCUT2D eigenvalue weighted by Crippen LogP contribution is 2.34. The number of benzene rings is 1. The smallest absolute Gasteiger partial charge is 0.180 e. The first-order valence-corrected chi connectivity index (χ1v) is 8.25. The van der Waals surface area contributed by atoms with Gasteiger partial charge in [-0.25, -0.2) is 9.97 Å². The maximum atomic E-state index is 6.14. The Kier molecular flexibility index (Phi) is 3.05. The van der Waals surface area contributed by atoms with Gasteiger partial charge in [-0.05, 0) is 37.3 Å². The molecule has 0 radical (unpaired) electrons. The number of nitrogens with two attached hydrogens (primary N) is 1. The lowest BCUT2D eigenvalue weighted by molar-refractivity contribution is 0.546. The van der Waals surface area contributed by atoms with E-state index in [4.69, 9.17) is 10.2 Å². The van der Waals surface area contributed by atoms with Crippen LogP contribution in [0.1, 0.15) is 5.76 Å². The van der Waals surface area contributed by atoms with Crippen molar-refractivity contribution in [3.05, 3.63) is 66.8 Å². The molecule has 0 aliphatic carbocycles. The van der Waals surface area contributed by atoms with Gasteiger partial charge in [0.25, 0.3) is 0 Å². The van der Waals surface area contributed by atoms with Gasteiger partial charge in [-0.2, -0.15) is 0 Å². The lowest BCUT2D eigenvalue weighted by Crippen LogP contribution is -2.03. The van der Waals surface area contributed by atoms with Crippen LogP contribution in [0.2, 0.25) is 0 Å². The fourth-order valence-electron chi connectivity index (χ4n) is 3.24. The summed E-state index contributed by atoms with van der Waals surface area (Å²) in [4.78, 5) is 13.3. The van der Waals surface area contributed by atoms with Gasteiger partial charge in [0, 0.05) is 29.5 Å². The van der Waals surface area contributed by atoms with E-state index in [2.05, 4.69) is 21.0 Å². The highest BCUT2D eigenvalue weighted by Gasteiger charge is 2.19. The second kappa shape index (κ2) is 5.42. The first kappa shape index (κ1) is 14.7. The van der Waals surface area contributed by atoms with Gasteiger partial charge < -0.3 is 10.2 Å². The summed E-state index contributed by atoms with van der Waals surface area (Å²) < 4.78 is 7.79. The van der Waals surface area contributed by atoms with Gasteiger partial charge in [0.2, 0.25) is 0 Å². The van der Waals surface area contributed by atoms with Gasteiger partial charge in [0.15, 0.2) is 17.2 Å². The van der Waals surface area contributed by atoms with Gasteiger partial charge in [-0.3, -0.25) is 9.38 Å². The number of aromatic nitrogens is 4. The minimum Gasteiger partial charge on any atom is -0.460 e. The fourth-order valence-corrected chi connectivity index (χ4v) is 3.24. The zero-order valence-electron chi connectivity index (χ0n) is 14.0. The Morgan fingerprint density at radius 1 is 1.04 bits per heavy atom. The molecule has 6 nitrogen and oxygen atoms in total. The molecular weight excluding hydrogens is 326 g/mol. The summed E-state index contributed by atoms with van der Waals surface area (Å²) in [6.45, 7) is 1.91. The number of rotatable bonds is 2. The van der Waals surface area contributed by atoms with Crippen molar-refractivity contribution in [1.82, 2.24) is 19.4 Å². The number of nitrogen functional groups attached to an aromatic ring is 1. The first-order valence-electron chi connectivity index (χ1n) is 8.25. The van der Waals surface area contributed by atoms with Crippen LogP contribution >= 0.6 is 0 Å². The van der Waals surface area contributed by atoms with Gasteiger partial charge in [0.05, 0.1) is 11.2 Å². The molecule has 5 aromatic rings. The third-order valence-corrected chi connectivity index (χ3v) is 4.42. The van der Waals surface area contributed by atoms with Crippen LogP contribution in [-0.2, 0) is 0 Å². The van der Waals surface area contributed by atoms with Crippen molar-refractivity contribution in [3.8, 4) is 22.7 Å². The standard InChI is InChI=1S/C20H15N5O/c1-12-4-7-16(26-12)17-18(25-10-9-23-20(25)19(21)24-17)14-5-6-15-13(11-14)3-2-8-22-15/h2-11H,1H3,(H2,21,24). The zero-order chi connectivity index (χ0) is 17.7. The minimum absolute atomic E-state index is 0.366. The predicted octanol–water partition coefficient (Wildman–Crippen LogP) is 4.10. The van der Waals surface area contributed by atoms with E-state index in [-0.39, 0.29) is 0 Å². The molecule has 0 spiro atoms. The molecule has 0 fully saturated rings. The highest BCUT2D eigenvalue weighted by atomic mass is 16.3. The third-order valence-electron chi connectivity index (χ3n) is 4.42. The van der Waals surface area contributed by atoms with Gasteiger partial charge in [0.1, 0.15) is 11.5 Å². The van der Waals surface area contributed by atoms with E-state index < -0.39 is 0 Å². The molecule has 26 heavy (non-hydrogen) atoms. The fraction of sp³-hybridized carbons (Fsp3) is 0.0500. The maximum absolute atomic E-state index is 6.14. The van der Waals surface area contributed by atoms with E-state index in [1.54, 1.807) is 12.4 Å². The normalized spacial score (nSPS) is 11.4. The lowest BCUT2D eigenvalue weighted by atomic mass is 10.0. The lowest BCUT2D eigenvalue weighted by Gasteiger charge is -2.12. The Bertz CT molecular complexity index is 1270. The van der Waals surface area contributed by atoms with Gasteiger partial charge in [-0.1, -0.05) is 12.1 Å². The topological polar surface area (TPSA) is 82.2 Å². The molecule has 0 unspecified atom stereocenters. The zero-order valence-corrected chi connectivity index (χ0v) is 14.0. The van der Waals surface area contributed by atoms with Crippen LogP contribution in [0.25, 0.3) is 39.3 Å². The Balaban J connectivity index is 1.87. The number of hydrogen-bond donors (Lipinski definition) is 1. The molecule has 126 valence electrons. The summed E-state index contributed by atoms with van der Waals surface area (Å²) in [6.07, 6.45) is 5.39. The summed E-state index contributed by atoms with van der Waals surface area (Å²) in [5, 5.41) is 1.05. The molecule has 4 heterocycles. The van der Waals surface area contributed by atoms with Crippen molar-refractivity contribution in [1.29, 1.82) is 0 Å². The molecule has 0 aliphatic rings. The molecule has 1 aromatic carbocycles. The number of nitrogens with zero attached hydrogens (tertiary/aromatic N) is 4. The second-order valence-electron chi connectivity index (χ2n) is 6.14. The summed E-state index contributed by atoms with van der Waals surface area (Å²) in [7, 11) is 0. The van der Waals surface area contributed by atoms with Crippen LogP contribution in [0, 0.1) is 6.92 Å². The van der Waals surface area contributed by atoms with Crippen LogP contribution in [-0.4, -0.2) is 19.4 Å². The SMILES string of the molecule is Cc1ccc(-c2nc(N)c3nccn3c2-c2ccc3ncccc3c2)o1. The van der Waals surface area contributed by atoms with Crippen LogP contribution < -0.4 is 5.73 Å². The molecule has 0 saturated heterocycles. The van der Waals surface area contributed by atoms with E-state index in [0.29, 0.717) is 22.9 Å². The molecule has 0 aliphatic heterocycles. The number of fused-ring (bicyclic) bond motifs is 2. The number of aryl methyl sites for hydroxylation is 1. The van der Waals surface area contributed by atoms with E-state index in [1.807, 2.05) is 53.9 Å². The van der Waals surface area contributed by atoms with E-state index >= 15 is 0 Å². The highest BCUT2D eigenvalue weighted by molar-refractivity contribution is 5.88. The molecule has 5 rings (SSSR count). The van der Waals surface area contributed by atoms with Crippen molar-refractivity contribution in [2.45, 2.75) is 6.92 Å². The molecule has 0 atom stereocenters. The van der Waals surface area contributed by atoms with Gasteiger partial charge >= 0.3 is 0 Å². The monoisotopic (exact) mass is 341 g/mol. The van der Waals surface area contributed by atoms with Crippen molar-refractivity contribution < 1.29 is 4.42 Å². The van der Waals surface area contributed by atoms with E-state index in [1.165, 1.54) is 0 Å². The van der Waals surface area contributed by atoms with E-state index in [0.717, 1.165) is 27.9 Å². The molecule has 4 aromatic heterocycles. The van der Waals surface area contributed by atoms with Crippen molar-refractivity contribution in [2.24, 2.45) is 0 Å². The quantitative estimate of drug-likeness (QED) is 0.523. The average molecular weight is 341 g/mol. The van der Waals surface area contributed by atoms with Gasteiger partial charge in [-0.15, -0.1) is 0 Å². The van der Waals surface area contributed by atoms with Crippen molar-refractivity contribution in [3.63, 3.8) is 0 Å². The third kappa shape index (κ3) is 2.16. The number of pyridine rings is 1. The number of hydrogen-bond acceptors (Lipinski definition) is 5. The summed E-state index contributed by atoms with van der Waals surface area (Å²) in [5.41, 5.74) is 10.3. The summed E-state index contributed by atoms with van der Waals surface area (Å²) >= 11 is 0.